The third kappa shape index (κ3) is 9.87. The molecule has 15 heteroatoms. The first-order chi connectivity index (χ1) is 9.12. The predicted molar refractivity (Wildman–Crippen MR) is 57.4 cm³/mol. The highest BCUT2D eigenvalue weighted by Crippen LogP contribution is 2.43. The minimum absolute atomic E-state index is 0.294. The lowest BCUT2D eigenvalue weighted by Crippen LogP contribution is -2.28. The van der Waals surface area contributed by atoms with Crippen molar-refractivity contribution in [3.63, 3.8) is 0 Å². The van der Waals surface area contributed by atoms with Gasteiger partial charge in [0.2, 0.25) is 0 Å². The first-order valence-electron chi connectivity index (χ1n) is 4.73. The molecule has 0 saturated heterocycles. The molecule has 0 spiro atoms. The molecule has 0 bridgehead atoms. The van der Waals surface area contributed by atoms with Crippen molar-refractivity contribution < 1.29 is 50.7 Å². The Morgan fingerprint density at radius 1 is 1.20 bits per heavy atom. The van der Waals surface area contributed by atoms with E-state index >= 15 is 0 Å². The zero-order valence-electron chi connectivity index (χ0n) is 10.3. The second-order valence-electron chi connectivity index (χ2n) is 2.87. The van der Waals surface area contributed by atoms with Crippen LogP contribution >= 0.6 is 23.6 Å². The van der Waals surface area contributed by atoms with Crippen molar-refractivity contribution in [2.45, 2.75) is 6.29 Å². The van der Waals surface area contributed by atoms with E-state index in [9.17, 15) is 28.0 Å². The molecule has 0 radical (unpaired) electrons. The van der Waals surface area contributed by atoms with E-state index in [-0.39, 0.29) is 6.54 Å². The molecule has 1 N–H and O–H groups in total. The molecule has 0 aromatic carbocycles. The number of phosphoric ester groups is 2. The second kappa shape index (κ2) is 9.14. The Morgan fingerprint density at radius 3 is 2.20 bits per heavy atom. The van der Waals surface area contributed by atoms with Crippen LogP contribution < -0.4 is 15.1 Å². The van der Waals surface area contributed by atoms with Gasteiger partial charge >= 0.3 is 7.91 Å². The van der Waals surface area contributed by atoms with Crippen LogP contribution in [0.2, 0.25) is 0 Å². The van der Waals surface area contributed by atoms with Crippen molar-refractivity contribution in [3.05, 3.63) is 0 Å². The fourth-order valence-electron chi connectivity index (χ4n) is 0.736. The number of rotatable bonds is 11. The monoisotopic (exact) mass is 355 g/mol. The number of hydrogen-bond acceptors (Lipinski definition) is 12. The molecule has 0 amide bonds. The third-order valence-corrected chi connectivity index (χ3v) is 3.66. The highest BCUT2D eigenvalue weighted by molar-refractivity contribution is 7.46. The Morgan fingerprint density at radius 2 is 1.75 bits per heavy atom. The second-order valence-corrected chi connectivity index (χ2v) is 6.41. The average Bonchev–Trinajstić information content (AvgIpc) is 2.27. The smallest absolute Gasteiger partial charge is 0.470 e. The number of likely N-dealkylation sites (N-methyl/N-ethyl adjacent to an activating group) is 1. The van der Waals surface area contributed by atoms with E-state index in [2.05, 4.69) is 27.9 Å². The molecule has 3 unspecified atom stereocenters. The SMILES string of the molecule is CNCC(OP(=O)=O)OP(=O)([O-])OCOP(=O)([O-])OC. The molecule has 0 heterocycles. The zero-order valence-corrected chi connectivity index (χ0v) is 13.0. The third-order valence-electron chi connectivity index (χ3n) is 1.47. The van der Waals surface area contributed by atoms with Crippen LogP contribution in [-0.2, 0) is 40.9 Å². The van der Waals surface area contributed by atoms with Gasteiger partial charge in [-0.1, -0.05) is 0 Å². The lowest BCUT2D eigenvalue weighted by Gasteiger charge is -2.27. The molecule has 3 atom stereocenters. The van der Waals surface area contributed by atoms with Gasteiger partial charge in [-0.05, 0) is 7.05 Å². The molecule has 0 saturated carbocycles. The van der Waals surface area contributed by atoms with Gasteiger partial charge in [0.05, 0.1) is 0 Å². The van der Waals surface area contributed by atoms with Crippen LogP contribution in [0.3, 0.4) is 0 Å². The maximum Gasteiger partial charge on any atom is 0.470 e. The molecular weight excluding hydrogens is 343 g/mol. The Balaban J connectivity index is 4.40. The van der Waals surface area contributed by atoms with E-state index < -0.39 is 36.6 Å². The number of hydrogen-bond donors (Lipinski definition) is 1. The number of nitrogens with one attached hydrogen (secondary N) is 1. The fraction of sp³-hybridized carbons (Fsp3) is 1.00. The summed E-state index contributed by atoms with van der Waals surface area (Å²) in [5.41, 5.74) is 0. The number of phosphoric acid groups is 2. The van der Waals surface area contributed by atoms with Gasteiger partial charge in [0, 0.05) is 13.7 Å². The molecule has 120 valence electrons. The summed E-state index contributed by atoms with van der Waals surface area (Å²) < 4.78 is 62.8. The largest absolute Gasteiger partial charge is 0.756 e. The van der Waals surface area contributed by atoms with Gasteiger partial charge in [-0.2, -0.15) is 0 Å². The van der Waals surface area contributed by atoms with Crippen molar-refractivity contribution in [1.29, 1.82) is 0 Å². The summed E-state index contributed by atoms with van der Waals surface area (Å²) in [4.78, 5) is 21.9. The van der Waals surface area contributed by atoms with Crippen molar-refractivity contribution in [2.24, 2.45) is 0 Å². The van der Waals surface area contributed by atoms with E-state index in [1.54, 1.807) is 0 Å². The maximum atomic E-state index is 11.2. The van der Waals surface area contributed by atoms with Crippen LogP contribution in [-0.4, -0.2) is 33.8 Å². The fourth-order valence-corrected chi connectivity index (χ4v) is 2.13. The first-order valence-corrected chi connectivity index (χ1v) is 8.74. The normalized spacial score (nSPS) is 19.0. The molecule has 0 rings (SSSR count). The topological polar surface area (TPSA) is 173 Å². The van der Waals surface area contributed by atoms with Crippen LogP contribution in [0.5, 0.6) is 0 Å². The minimum Gasteiger partial charge on any atom is -0.756 e. The maximum absolute atomic E-state index is 11.2. The van der Waals surface area contributed by atoms with E-state index in [4.69, 9.17) is 0 Å². The summed E-state index contributed by atoms with van der Waals surface area (Å²) in [6, 6.07) is 0. The van der Waals surface area contributed by atoms with Crippen molar-refractivity contribution in [1.82, 2.24) is 5.32 Å². The zero-order chi connectivity index (χ0) is 15.8. The van der Waals surface area contributed by atoms with Crippen molar-refractivity contribution >= 4 is 23.6 Å². The van der Waals surface area contributed by atoms with Crippen molar-refractivity contribution in [3.8, 4) is 0 Å². The van der Waals surface area contributed by atoms with Gasteiger partial charge < -0.3 is 19.6 Å². The Labute approximate surface area is 114 Å². The average molecular weight is 355 g/mol. The molecule has 0 aromatic heterocycles. The minimum atomic E-state index is -5.05. The van der Waals surface area contributed by atoms with Crippen LogP contribution in [0.15, 0.2) is 0 Å². The van der Waals surface area contributed by atoms with E-state index in [0.717, 1.165) is 7.11 Å². The standard InChI is InChI=1S/C5H14NO11P3/c1-6-3-5(16-18(7)8)17-20(11,12)15-4-14-19(9,10)13-2/h5-6H,3-4H2,1-2H3,(H,9,10)(H,11,12)/p-2. The summed E-state index contributed by atoms with van der Waals surface area (Å²) in [7, 11) is -10.9. The molecule has 20 heavy (non-hydrogen) atoms. The summed E-state index contributed by atoms with van der Waals surface area (Å²) in [6.07, 6.45) is -1.70. The summed E-state index contributed by atoms with van der Waals surface area (Å²) in [5, 5.41) is 2.41. The predicted octanol–water partition coefficient (Wildman–Crippen LogP) is -0.773. The van der Waals surface area contributed by atoms with E-state index in [0.29, 0.717) is 0 Å². The van der Waals surface area contributed by atoms with Crippen LogP contribution in [0.1, 0.15) is 0 Å². The first kappa shape index (κ1) is 20.0. The Hall–Kier alpha value is 0.0400. The van der Waals surface area contributed by atoms with Gasteiger partial charge in [0.15, 0.2) is 13.1 Å². The quantitative estimate of drug-likeness (QED) is 0.362. The lowest BCUT2D eigenvalue weighted by atomic mass is 10.6. The molecule has 0 fully saturated rings. The Kier molecular flexibility index (Phi) is 9.16. The molecule has 0 aliphatic heterocycles. The summed E-state index contributed by atoms with van der Waals surface area (Å²) >= 11 is 0. The highest BCUT2D eigenvalue weighted by atomic mass is 31.2. The van der Waals surface area contributed by atoms with E-state index in [1.165, 1.54) is 7.05 Å². The Bertz CT molecular complexity index is 441. The van der Waals surface area contributed by atoms with E-state index in [1.807, 2.05) is 0 Å². The van der Waals surface area contributed by atoms with Gasteiger partial charge in [-0.15, -0.1) is 0 Å². The van der Waals surface area contributed by atoms with Gasteiger partial charge in [0.1, 0.15) is 0 Å². The van der Waals surface area contributed by atoms with Crippen LogP contribution in [0.25, 0.3) is 0 Å². The molecule has 0 aromatic rings. The lowest BCUT2D eigenvalue weighted by molar-refractivity contribution is -0.249. The van der Waals surface area contributed by atoms with Crippen molar-refractivity contribution in [2.75, 3.05) is 27.5 Å². The van der Waals surface area contributed by atoms with Gasteiger partial charge in [-0.3, -0.25) is 22.7 Å². The van der Waals surface area contributed by atoms with Gasteiger partial charge in [0.25, 0.3) is 15.6 Å². The van der Waals surface area contributed by atoms with Crippen LogP contribution in [0.4, 0.5) is 0 Å². The molecule has 0 aliphatic carbocycles. The summed E-state index contributed by atoms with van der Waals surface area (Å²) in [6.45, 7) is -1.52. The van der Waals surface area contributed by atoms with Crippen LogP contribution in [0, 0.1) is 0 Å². The van der Waals surface area contributed by atoms with Gasteiger partial charge in [-0.25, -0.2) is 13.7 Å². The molecule has 0 aliphatic rings. The highest BCUT2D eigenvalue weighted by Gasteiger charge is 2.21. The molecule has 12 nitrogen and oxygen atoms in total. The summed E-state index contributed by atoms with van der Waals surface area (Å²) in [5.74, 6) is 0. The molecular formula is C5H12NO11P3-2.